The molecule has 1 aromatic carbocycles. The van der Waals surface area contributed by atoms with Crippen LogP contribution in [-0.2, 0) is 6.61 Å². The molecule has 5 heteroatoms. The first kappa shape index (κ1) is 12.1. The van der Waals surface area contributed by atoms with Gasteiger partial charge in [0.25, 0.3) is 5.91 Å². The lowest BCUT2D eigenvalue weighted by Crippen LogP contribution is -2.17. The van der Waals surface area contributed by atoms with E-state index in [-0.39, 0.29) is 12.5 Å². The Hall–Kier alpha value is -2.40. The molecular weight excluding hydrogens is 232 g/mol. The van der Waals surface area contributed by atoms with E-state index in [0.717, 1.165) is 0 Å². The van der Waals surface area contributed by atoms with E-state index >= 15 is 0 Å². The number of rotatable bonds is 4. The molecule has 1 amide bonds. The Kier molecular flexibility index (Phi) is 3.88. The summed E-state index contributed by atoms with van der Waals surface area (Å²) in [5, 5.41) is 12.6. The first-order chi connectivity index (χ1) is 8.79. The summed E-state index contributed by atoms with van der Waals surface area (Å²) in [6.45, 7) is -0.162. The Morgan fingerprint density at radius 1 is 1.28 bits per heavy atom. The van der Waals surface area contributed by atoms with Crippen LogP contribution in [0.1, 0.15) is 21.9 Å². The van der Waals surface area contributed by atoms with Gasteiger partial charge in [0.1, 0.15) is 18.1 Å². The van der Waals surface area contributed by atoms with Crippen LogP contribution in [0.3, 0.4) is 0 Å². The number of aliphatic hydroxyl groups is 1. The van der Waals surface area contributed by atoms with Crippen molar-refractivity contribution in [2.45, 2.75) is 6.61 Å². The fourth-order valence-electron chi connectivity index (χ4n) is 1.36. The van der Waals surface area contributed by atoms with E-state index in [1.807, 2.05) is 6.07 Å². The largest absolute Gasteiger partial charge is 0.458 e. The molecule has 0 bridgehead atoms. The minimum absolute atomic E-state index is 0.162. The van der Waals surface area contributed by atoms with Crippen molar-refractivity contribution < 1.29 is 14.3 Å². The maximum absolute atomic E-state index is 11.6. The summed E-state index contributed by atoms with van der Waals surface area (Å²) in [6, 6.07) is 12.1. The van der Waals surface area contributed by atoms with Gasteiger partial charge in [-0.25, -0.2) is 5.43 Å². The maximum atomic E-state index is 11.6. The van der Waals surface area contributed by atoms with Gasteiger partial charge in [-0.2, -0.15) is 5.10 Å². The predicted octanol–water partition coefficient (Wildman–Crippen LogP) is 1.54. The molecule has 0 radical (unpaired) electrons. The first-order valence-electron chi connectivity index (χ1n) is 5.37. The van der Waals surface area contributed by atoms with Gasteiger partial charge < -0.3 is 9.52 Å². The average molecular weight is 244 g/mol. The molecule has 2 aromatic rings. The SMILES string of the molecule is O=C(N/N=C/c1ccc(CO)o1)c1ccccc1. The smallest absolute Gasteiger partial charge is 0.271 e. The van der Waals surface area contributed by atoms with Crippen LogP contribution in [0.2, 0.25) is 0 Å². The van der Waals surface area contributed by atoms with Gasteiger partial charge in [-0.15, -0.1) is 0 Å². The molecule has 1 aromatic heterocycles. The molecular formula is C13H12N2O3. The van der Waals surface area contributed by atoms with Gasteiger partial charge in [0, 0.05) is 5.56 Å². The van der Waals surface area contributed by atoms with Crippen LogP contribution in [0.4, 0.5) is 0 Å². The Labute approximate surface area is 104 Å². The molecule has 2 N–H and O–H groups in total. The average Bonchev–Trinajstić information content (AvgIpc) is 2.87. The van der Waals surface area contributed by atoms with Crippen LogP contribution >= 0.6 is 0 Å². The van der Waals surface area contributed by atoms with Crippen LogP contribution in [0.15, 0.2) is 52.0 Å². The number of furan rings is 1. The fraction of sp³-hybridized carbons (Fsp3) is 0.0769. The summed E-state index contributed by atoms with van der Waals surface area (Å²) in [7, 11) is 0. The third-order valence-corrected chi connectivity index (χ3v) is 2.23. The number of hydrazone groups is 1. The Balaban J connectivity index is 1.93. The molecule has 0 saturated carbocycles. The lowest BCUT2D eigenvalue weighted by atomic mass is 10.2. The normalized spacial score (nSPS) is 10.7. The maximum Gasteiger partial charge on any atom is 0.271 e. The van der Waals surface area contributed by atoms with E-state index in [2.05, 4.69) is 10.5 Å². The number of nitrogens with zero attached hydrogens (tertiary/aromatic N) is 1. The van der Waals surface area contributed by atoms with Gasteiger partial charge in [-0.1, -0.05) is 18.2 Å². The summed E-state index contributed by atoms with van der Waals surface area (Å²) < 4.78 is 5.17. The zero-order valence-corrected chi connectivity index (χ0v) is 9.54. The highest BCUT2D eigenvalue weighted by molar-refractivity contribution is 5.94. The van der Waals surface area contributed by atoms with E-state index < -0.39 is 0 Å². The van der Waals surface area contributed by atoms with Crippen molar-refractivity contribution >= 4 is 12.1 Å². The molecule has 0 atom stereocenters. The van der Waals surface area contributed by atoms with E-state index in [1.54, 1.807) is 36.4 Å². The van der Waals surface area contributed by atoms with Crippen molar-refractivity contribution in [3.63, 3.8) is 0 Å². The predicted molar refractivity (Wildman–Crippen MR) is 66.1 cm³/mol. The van der Waals surface area contributed by atoms with Crippen molar-refractivity contribution in [3.05, 3.63) is 59.5 Å². The van der Waals surface area contributed by atoms with Crippen LogP contribution in [0.25, 0.3) is 0 Å². The molecule has 5 nitrogen and oxygen atoms in total. The second-order valence-corrected chi connectivity index (χ2v) is 3.53. The van der Waals surface area contributed by atoms with E-state index in [1.165, 1.54) is 6.21 Å². The number of amides is 1. The number of benzene rings is 1. The summed E-state index contributed by atoms with van der Waals surface area (Å²) >= 11 is 0. The molecule has 18 heavy (non-hydrogen) atoms. The van der Waals surface area contributed by atoms with Gasteiger partial charge in [0.05, 0.1) is 6.21 Å². The van der Waals surface area contributed by atoms with E-state index in [0.29, 0.717) is 17.1 Å². The number of aliphatic hydroxyl groups excluding tert-OH is 1. The Bertz CT molecular complexity index is 546. The zero-order chi connectivity index (χ0) is 12.8. The topological polar surface area (TPSA) is 74.8 Å². The molecule has 0 aliphatic heterocycles. The highest BCUT2D eigenvalue weighted by atomic mass is 16.4. The van der Waals surface area contributed by atoms with Crippen LogP contribution < -0.4 is 5.43 Å². The van der Waals surface area contributed by atoms with Gasteiger partial charge in [-0.05, 0) is 24.3 Å². The van der Waals surface area contributed by atoms with Crippen molar-refractivity contribution in [1.29, 1.82) is 0 Å². The zero-order valence-electron chi connectivity index (χ0n) is 9.54. The van der Waals surface area contributed by atoms with Gasteiger partial charge >= 0.3 is 0 Å². The number of hydrogen-bond donors (Lipinski definition) is 2. The van der Waals surface area contributed by atoms with E-state index in [4.69, 9.17) is 9.52 Å². The van der Waals surface area contributed by atoms with Crippen LogP contribution in [-0.4, -0.2) is 17.2 Å². The molecule has 0 saturated heterocycles. The third-order valence-electron chi connectivity index (χ3n) is 2.23. The molecule has 1 heterocycles. The number of hydrogen-bond acceptors (Lipinski definition) is 4. The summed E-state index contributed by atoms with van der Waals surface area (Å²) in [5.74, 6) is 0.624. The summed E-state index contributed by atoms with van der Waals surface area (Å²) in [5.41, 5.74) is 2.92. The Morgan fingerprint density at radius 3 is 2.72 bits per heavy atom. The van der Waals surface area contributed by atoms with Gasteiger partial charge in [0.2, 0.25) is 0 Å². The Morgan fingerprint density at radius 2 is 2.06 bits per heavy atom. The van der Waals surface area contributed by atoms with E-state index in [9.17, 15) is 4.79 Å². The van der Waals surface area contributed by atoms with Crippen molar-refractivity contribution in [2.75, 3.05) is 0 Å². The van der Waals surface area contributed by atoms with Crippen molar-refractivity contribution in [2.24, 2.45) is 5.10 Å². The minimum atomic E-state index is -0.291. The third kappa shape index (κ3) is 3.05. The molecule has 0 aliphatic carbocycles. The number of carbonyl (C=O) groups excluding carboxylic acids is 1. The molecule has 92 valence electrons. The molecule has 0 spiro atoms. The molecule has 0 unspecified atom stereocenters. The first-order valence-corrected chi connectivity index (χ1v) is 5.37. The second-order valence-electron chi connectivity index (χ2n) is 3.53. The standard InChI is InChI=1S/C13H12N2O3/c16-9-12-7-6-11(18-12)8-14-15-13(17)10-4-2-1-3-5-10/h1-8,16H,9H2,(H,15,17)/b14-8+. The number of nitrogens with one attached hydrogen (secondary N) is 1. The molecule has 0 fully saturated rings. The second kappa shape index (κ2) is 5.79. The lowest BCUT2D eigenvalue weighted by Gasteiger charge is -1.97. The summed E-state index contributed by atoms with van der Waals surface area (Å²) in [4.78, 5) is 11.6. The minimum Gasteiger partial charge on any atom is -0.458 e. The van der Waals surface area contributed by atoms with Gasteiger partial charge in [-0.3, -0.25) is 4.79 Å². The van der Waals surface area contributed by atoms with Gasteiger partial charge in [0.15, 0.2) is 0 Å². The van der Waals surface area contributed by atoms with Crippen LogP contribution in [0, 0.1) is 0 Å². The lowest BCUT2D eigenvalue weighted by molar-refractivity contribution is 0.0955. The highest BCUT2D eigenvalue weighted by Gasteiger charge is 2.02. The molecule has 2 rings (SSSR count). The number of carbonyl (C=O) groups is 1. The fourth-order valence-corrected chi connectivity index (χ4v) is 1.36. The van der Waals surface area contributed by atoms with Crippen molar-refractivity contribution in [3.8, 4) is 0 Å². The highest BCUT2D eigenvalue weighted by Crippen LogP contribution is 2.04. The summed E-state index contributed by atoms with van der Waals surface area (Å²) in [6.07, 6.45) is 1.38. The van der Waals surface area contributed by atoms with Crippen molar-refractivity contribution in [1.82, 2.24) is 5.43 Å². The van der Waals surface area contributed by atoms with Crippen LogP contribution in [0.5, 0.6) is 0 Å². The monoisotopic (exact) mass is 244 g/mol. The quantitative estimate of drug-likeness (QED) is 0.632. The molecule has 0 aliphatic rings.